The molecule has 1 saturated heterocycles. The molecule has 1 unspecified atom stereocenters. The van der Waals surface area contributed by atoms with E-state index < -0.39 is 10.0 Å². The molecule has 1 aliphatic rings. The fourth-order valence-corrected chi connectivity index (χ4v) is 3.92. The minimum absolute atomic E-state index is 0.0343. The van der Waals surface area contributed by atoms with E-state index in [1.807, 2.05) is 0 Å². The summed E-state index contributed by atoms with van der Waals surface area (Å²) in [6.45, 7) is 4.88. The molecule has 0 spiro atoms. The molecule has 2 rings (SSSR count). The summed E-state index contributed by atoms with van der Waals surface area (Å²) in [6.07, 6.45) is 2.04. The first-order chi connectivity index (χ1) is 11.7. The second-order valence-corrected chi connectivity index (χ2v) is 8.36. The molecular formula is C17H25N3O4S. The molecule has 1 aromatic carbocycles. The highest BCUT2D eigenvalue weighted by Crippen LogP contribution is 2.18. The number of hydrogen-bond acceptors (Lipinski definition) is 4. The van der Waals surface area contributed by atoms with E-state index in [1.165, 1.54) is 13.0 Å². The SMILES string of the molecule is CC(=O)Nc1cccc(NS(=O)(=O)CCC(=O)N2CCCC(C)C2)c1. The van der Waals surface area contributed by atoms with E-state index in [4.69, 9.17) is 0 Å². The molecule has 2 N–H and O–H groups in total. The van der Waals surface area contributed by atoms with Crippen molar-refractivity contribution >= 4 is 33.2 Å². The summed E-state index contributed by atoms with van der Waals surface area (Å²) in [4.78, 5) is 25.0. The standard InChI is InChI=1S/C17H25N3O4S/c1-13-5-4-9-20(12-13)17(22)8-10-25(23,24)19-16-7-3-6-15(11-16)18-14(2)21/h3,6-7,11,13,19H,4-5,8-10,12H2,1-2H3,(H,18,21). The smallest absolute Gasteiger partial charge is 0.233 e. The molecule has 25 heavy (non-hydrogen) atoms. The average Bonchev–Trinajstić information content (AvgIpc) is 2.52. The van der Waals surface area contributed by atoms with Gasteiger partial charge < -0.3 is 10.2 Å². The number of likely N-dealkylation sites (tertiary alicyclic amines) is 1. The fourth-order valence-electron chi connectivity index (χ4n) is 2.89. The minimum atomic E-state index is -3.64. The summed E-state index contributed by atoms with van der Waals surface area (Å²) >= 11 is 0. The number of rotatable bonds is 6. The van der Waals surface area contributed by atoms with E-state index in [2.05, 4.69) is 17.0 Å². The molecule has 7 nitrogen and oxygen atoms in total. The van der Waals surface area contributed by atoms with Crippen molar-refractivity contribution in [3.05, 3.63) is 24.3 Å². The monoisotopic (exact) mass is 367 g/mol. The highest BCUT2D eigenvalue weighted by Gasteiger charge is 2.22. The number of piperidine rings is 1. The second kappa shape index (κ2) is 8.33. The zero-order valence-electron chi connectivity index (χ0n) is 14.6. The fraction of sp³-hybridized carbons (Fsp3) is 0.529. The lowest BCUT2D eigenvalue weighted by atomic mass is 10.0. The number of nitrogens with one attached hydrogen (secondary N) is 2. The molecule has 1 aliphatic heterocycles. The Morgan fingerprint density at radius 3 is 2.68 bits per heavy atom. The lowest BCUT2D eigenvalue weighted by Crippen LogP contribution is -2.40. The Bertz CT molecular complexity index is 733. The Hall–Kier alpha value is -2.09. The van der Waals surface area contributed by atoms with Gasteiger partial charge >= 0.3 is 0 Å². The van der Waals surface area contributed by atoms with Crippen LogP contribution in [0.2, 0.25) is 0 Å². The number of nitrogens with zero attached hydrogens (tertiary/aromatic N) is 1. The Morgan fingerprint density at radius 2 is 2.00 bits per heavy atom. The van der Waals surface area contributed by atoms with Gasteiger partial charge in [0.1, 0.15) is 0 Å². The van der Waals surface area contributed by atoms with E-state index in [9.17, 15) is 18.0 Å². The molecule has 0 bridgehead atoms. The summed E-state index contributed by atoms with van der Waals surface area (Å²) in [5.74, 6) is -0.157. The summed E-state index contributed by atoms with van der Waals surface area (Å²) in [5.41, 5.74) is 0.858. The number of carbonyl (C=O) groups excluding carboxylic acids is 2. The van der Waals surface area contributed by atoms with E-state index in [1.54, 1.807) is 23.1 Å². The van der Waals surface area contributed by atoms with Crippen LogP contribution in [0.15, 0.2) is 24.3 Å². The van der Waals surface area contributed by atoms with Crippen LogP contribution < -0.4 is 10.0 Å². The number of benzene rings is 1. The van der Waals surface area contributed by atoms with Gasteiger partial charge in [0.05, 0.1) is 11.4 Å². The molecule has 0 aliphatic carbocycles. The number of sulfonamides is 1. The van der Waals surface area contributed by atoms with Gasteiger partial charge in [0.2, 0.25) is 21.8 Å². The summed E-state index contributed by atoms with van der Waals surface area (Å²) in [5, 5.41) is 2.59. The van der Waals surface area contributed by atoms with Crippen LogP contribution in [0.25, 0.3) is 0 Å². The van der Waals surface area contributed by atoms with Gasteiger partial charge in [0, 0.05) is 32.1 Å². The molecule has 8 heteroatoms. The Morgan fingerprint density at radius 1 is 1.28 bits per heavy atom. The highest BCUT2D eigenvalue weighted by atomic mass is 32.2. The van der Waals surface area contributed by atoms with E-state index >= 15 is 0 Å². The van der Waals surface area contributed by atoms with Crippen molar-refractivity contribution in [2.45, 2.75) is 33.1 Å². The van der Waals surface area contributed by atoms with Crippen molar-refractivity contribution in [2.75, 3.05) is 28.9 Å². The van der Waals surface area contributed by atoms with E-state index in [-0.39, 0.29) is 24.0 Å². The molecule has 1 atom stereocenters. The zero-order valence-corrected chi connectivity index (χ0v) is 15.4. The van der Waals surface area contributed by atoms with Gasteiger partial charge in [0.25, 0.3) is 0 Å². The third-order valence-corrected chi connectivity index (χ3v) is 5.34. The third-order valence-electron chi connectivity index (χ3n) is 4.05. The lowest BCUT2D eigenvalue weighted by molar-refractivity contribution is -0.132. The molecular weight excluding hydrogens is 342 g/mol. The summed E-state index contributed by atoms with van der Waals surface area (Å²) in [7, 11) is -3.64. The van der Waals surface area contributed by atoms with Crippen molar-refractivity contribution < 1.29 is 18.0 Å². The van der Waals surface area contributed by atoms with Crippen LogP contribution in [-0.2, 0) is 19.6 Å². The largest absolute Gasteiger partial charge is 0.342 e. The Labute approximate surface area is 148 Å². The van der Waals surface area contributed by atoms with Crippen LogP contribution in [0.4, 0.5) is 11.4 Å². The van der Waals surface area contributed by atoms with Crippen LogP contribution in [0, 0.1) is 5.92 Å². The van der Waals surface area contributed by atoms with Crippen molar-refractivity contribution in [2.24, 2.45) is 5.92 Å². The maximum Gasteiger partial charge on any atom is 0.233 e. The quantitative estimate of drug-likeness (QED) is 0.804. The maximum atomic E-state index is 12.2. The molecule has 138 valence electrons. The summed E-state index contributed by atoms with van der Waals surface area (Å²) < 4.78 is 26.9. The molecule has 2 amide bonds. The minimum Gasteiger partial charge on any atom is -0.342 e. The van der Waals surface area contributed by atoms with Crippen LogP contribution in [-0.4, -0.2) is 44.0 Å². The van der Waals surface area contributed by atoms with E-state index in [0.29, 0.717) is 30.4 Å². The molecule has 0 radical (unpaired) electrons. The molecule has 1 heterocycles. The molecule has 1 aromatic rings. The normalized spacial score (nSPS) is 17.8. The number of hydrogen-bond donors (Lipinski definition) is 2. The van der Waals surface area contributed by atoms with Gasteiger partial charge in [0.15, 0.2) is 0 Å². The highest BCUT2D eigenvalue weighted by molar-refractivity contribution is 7.92. The van der Waals surface area contributed by atoms with Crippen molar-refractivity contribution in [3.8, 4) is 0 Å². The van der Waals surface area contributed by atoms with Crippen molar-refractivity contribution in [1.82, 2.24) is 4.90 Å². The molecule has 1 fully saturated rings. The topological polar surface area (TPSA) is 95.6 Å². The van der Waals surface area contributed by atoms with Gasteiger partial charge in [-0.2, -0.15) is 0 Å². The summed E-state index contributed by atoms with van der Waals surface area (Å²) in [6, 6.07) is 6.44. The van der Waals surface area contributed by atoms with Crippen LogP contribution in [0.1, 0.15) is 33.1 Å². The third kappa shape index (κ3) is 6.38. The average molecular weight is 367 g/mol. The van der Waals surface area contributed by atoms with Gasteiger partial charge in [-0.25, -0.2) is 8.42 Å². The first-order valence-electron chi connectivity index (χ1n) is 8.41. The second-order valence-electron chi connectivity index (χ2n) is 6.52. The number of anilines is 2. The first-order valence-corrected chi connectivity index (χ1v) is 10.1. The van der Waals surface area contributed by atoms with Crippen LogP contribution in [0.3, 0.4) is 0 Å². The number of carbonyl (C=O) groups is 2. The van der Waals surface area contributed by atoms with Crippen LogP contribution in [0.5, 0.6) is 0 Å². The van der Waals surface area contributed by atoms with Crippen molar-refractivity contribution in [3.63, 3.8) is 0 Å². The molecule has 0 saturated carbocycles. The van der Waals surface area contributed by atoms with Gasteiger partial charge in [-0.3, -0.25) is 14.3 Å². The zero-order chi connectivity index (χ0) is 18.4. The number of amides is 2. The lowest BCUT2D eigenvalue weighted by Gasteiger charge is -2.31. The Balaban J connectivity index is 1.91. The predicted molar refractivity (Wildman–Crippen MR) is 97.8 cm³/mol. The predicted octanol–water partition coefficient (Wildman–Crippen LogP) is 2.04. The Kier molecular flexibility index (Phi) is 6.41. The van der Waals surface area contributed by atoms with Crippen LogP contribution >= 0.6 is 0 Å². The first kappa shape index (κ1) is 19.2. The van der Waals surface area contributed by atoms with Gasteiger partial charge in [-0.1, -0.05) is 13.0 Å². The maximum absolute atomic E-state index is 12.2. The van der Waals surface area contributed by atoms with Gasteiger partial charge in [-0.05, 0) is 37.0 Å². The van der Waals surface area contributed by atoms with E-state index in [0.717, 1.165) is 12.8 Å². The van der Waals surface area contributed by atoms with Gasteiger partial charge in [-0.15, -0.1) is 0 Å². The molecule has 0 aromatic heterocycles. The van der Waals surface area contributed by atoms with Crippen molar-refractivity contribution in [1.29, 1.82) is 0 Å².